The maximum atomic E-state index is 12.2. The van der Waals surface area contributed by atoms with Crippen LogP contribution in [0, 0.1) is 0 Å². The van der Waals surface area contributed by atoms with Crippen LogP contribution in [0.5, 0.6) is 0 Å². The molecule has 0 saturated carbocycles. The molecule has 5 unspecified atom stereocenters. The van der Waals surface area contributed by atoms with Gasteiger partial charge in [-0.3, -0.25) is 0 Å². The molecule has 49 heavy (non-hydrogen) atoms. The number of unbranched alkanes of at least 4 members (excludes halogenated alkanes) is 18. The van der Waals surface area contributed by atoms with Crippen molar-refractivity contribution in [1.82, 2.24) is 0 Å². The topological polar surface area (TPSA) is 114 Å². The van der Waals surface area contributed by atoms with Crippen LogP contribution in [0.1, 0.15) is 170 Å². The second-order valence-electron chi connectivity index (χ2n) is 13.5. The molecule has 0 aromatic heterocycles. The summed E-state index contributed by atoms with van der Waals surface area (Å²) in [6.45, 7) is 9.47. The van der Waals surface area contributed by atoms with Gasteiger partial charge in [0.05, 0.1) is 0 Å². The first kappa shape index (κ1) is 45.8. The molecule has 286 valence electrons. The molecule has 9 nitrogen and oxygen atoms in total. The monoisotopic (exact) mass is 776 g/mol. The van der Waals surface area contributed by atoms with Gasteiger partial charge >= 0.3 is 307 Å². The van der Waals surface area contributed by atoms with E-state index in [1.54, 1.807) is 0 Å². The molecule has 0 spiro atoms. The third-order valence-electron chi connectivity index (χ3n) is 8.72. The van der Waals surface area contributed by atoms with E-state index in [-0.39, 0.29) is 0 Å². The average molecular weight is 777 g/mol. The van der Waals surface area contributed by atoms with E-state index in [1.165, 1.54) is 167 Å². The third kappa shape index (κ3) is 23.0. The predicted octanol–water partition coefficient (Wildman–Crippen LogP) is 9.64. The molecule has 0 aliphatic carbocycles. The van der Waals surface area contributed by atoms with Crippen molar-refractivity contribution in [2.24, 2.45) is 0 Å². The summed E-state index contributed by atoms with van der Waals surface area (Å²) >= 11 is -1.35. The van der Waals surface area contributed by atoms with Crippen LogP contribution in [-0.4, -0.2) is 73.8 Å². The second-order valence-corrected chi connectivity index (χ2v) is 22.3. The summed E-state index contributed by atoms with van der Waals surface area (Å²) in [4.78, 5) is 48.4. The molecule has 0 amide bonds. The van der Waals surface area contributed by atoms with Crippen LogP contribution in [-0.2, 0) is 42.9 Å². The second kappa shape index (κ2) is 29.3. The number of hydrogen-bond donors (Lipinski definition) is 0. The summed E-state index contributed by atoms with van der Waals surface area (Å²) in [5, 5.41) is 2.46. The van der Waals surface area contributed by atoms with Crippen molar-refractivity contribution in [2.45, 2.75) is 211 Å². The maximum absolute atomic E-state index is 12.2. The number of ether oxygens (including phenoxy) is 5. The summed E-state index contributed by atoms with van der Waals surface area (Å²) in [5.41, 5.74) is 0. The number of hydrogen-bond acceptors (Lipinski definition) is 10. The normalized spacial score (nSPS) is 20.6. The Morgan fingerprint density at radius 3 is 1.22 bits per heavy atom. The van der Waals surface area contributed by atoms with Crippen LogP contribution in [0.2, 0.25) is 10.4 Å². The molecule has 0 aromatic carbocycles. The standard InChI is InChI=1S/C38H69AsO9S/c1-7-9-11-13-15-17-19-21-23-25-27-39(28-26-24-22-20-18-16-14-12-10-8-2)49-29-34-35(44-30(3)40)36(45-31(4)41)37(46-32(5)42)38(48-34)47-33(6)43/h34-38H,7-29H2,1-6H3. The fraction of sp³-hybridized carbons (Fsp3) is 0.895. The van der Waals surface area contributed by atoms with E-state index in [9.17, 15) is 19.2 Å². The summed E-state index contributed by atoms with van der Waals surface area (Å²) in [6.07, 6.45) is 20.7. The van der Waals surface area contributed by atoms with Crippen LogP contribution in [0.3, 0.4) is 0 Å². The van der Waals surface area contributed by atoms with Crippen molar-refractivity contribution < 1.29 is 42.9 Å². The first-order valence-electron chi connectivity index (χ1n) is 19.3. The Bertz CT molecular complexity index is 880. The zero-order valence-electron chi connectivity index (χ0n) is 31.7. The van der Waals surface area contributed by atoms with Crippen LogP contribution >= 0.6 is 10.0 Å². The number of carbonyl (C=O) groups excluding carboxylic acids is 4. The van der Waals surface area contributed by atoms with Gasteiger partial charge in [-0.1, -0.05) is 0 Å². The van der Waals surface area contributed by atoms with Gasteiger partial charge in [-0.05, 0) is 0 Å². The van der Waals surface area contributed by atoms with E-state index >= 15 is 0 Å². The minimum absolute atomic E-state index is 0.496. The predicted molar refractivity (Wildman–Crippen MR) is 199 cm³/mol. The van der Waals surface area contributed by atoms with Crippen LogP contribution in [0.25, 0.3) is 0 Å². The van der Waals surface area contributed by atoms with Gasteiger partial charge in [0.25, 0.3) is 0 Å². The van der Waals surface area contributed by atoms with E-state index < -0.39 is 68.1 Å². The fourth-order valence-corrected chi connectivity index (χ4v) is 15.2. The number of esters is 4. The van der Waals surface area contributed by atoms with Gasteiger partial charge in [-0.15, -0.1) is 0 Å². The van der Waals surface area contributed by atoms with Crippen molar-refractivity contribution in [3.8, 4) is 0 Å². The van der Waals surface area contributed by atoms with Crippen molar-refractivity contribution in [2.75, 3.05) is 5.75 Å². The molecule has 0 N–H and O–H groups in total. The molecule has 1 saturated heterocycles. The van der Waals surface area contributed by atoms with E-state index in [0.717, 1.165) is 0 Å². The van der Waals surface area contributed by atoms with Gasteiger partial charge in [0.1, 0.15) is 0 Å². The zero-order valence-corrected chi connectivity index (χ0v) is 34.4. The number of rotatable bonds is 29. The Balaban J connectivity index is 2.89. The SMILES string of the molecule is CCCCCCCCCCCC[As](CCCCCCCCCCCC)SCC1OC(OC(C)=O)C(OC(C)=O)C(OC(C)=O)C1OC(C)=O. The van der Waals surface area contributed by atoms with Gasteiger partial charge in [-0.25, -0.2) is 0 Å². The van der Waals surface area contributed by atoms with Crippen LogP contribution < -0.4 is 0 Å². The van der Waals surface area contributed by atoms with Crippen molar-refractivity contribution in [1.29, 1.82) is 0 Å². The molecule has 1 rings (SSSR count). The van der Waals surface area contributed by atoms with Gasteiger partial charge < -0.3 is 0 Å². The molecule has 1 fully saturated rings. The average Bonchev–Trinajstić information content (AvgIpc) is 3.03. The molecule has 11 heteroatoms. The molecule has 1 heterocycles. The molecule has 1 aliphatic heterocycles. The Labute approximate surface area is 306 Å². The summed E-state index contributed by atoms with van der Waals surface area (Å²) < 4.78 is 28.3. The Morgan fingerprint density at radius 2 is 0.837 bits per heavy atom. The van der Waals surface area contributed by atoms with Crippen molar-refractivity contribution >= 4 is 47.4 Å². The summed E-state index contributed by atoms with van der Waals surface area (Å²) in [6, 6.07) is 0. The third-order valence-corrected chi connectivity index (χ3v) is 18.1. The van der Waals surface area contributed by atoms with Crippen molar-refractivity contribution in [3.05, 3.63) is 0 Å². The van der Waals surface area contributed by atoms with Crippen LogP contribution in [0.15, 0.2) is 0 Å². The van der Waals surface area contributed by atoms with E-state index in [2.05, 4.69) is 13.8 Å². The molecule has 5 atom stereocenters. The minimum atomic E-state index is -1.35. The van der Waals surface area contributed by atoms with E-state index in [1.807, 2.05) is 10.0 Å². The Hall–Kier alpha value is -1.25. The Morgan fingerprint density at radius 1 is 0.490 bits per heavy atom. The van der Waals surface area contributed by atoms with Gasteiger partial charge in [0.2, 0.25) is 0 Å². The molecule has 0 radical (unpaired) electrons. The summed E-state index contributed by atoms with van der Waals surface area (Å²) in [5.74, 6) is -2.01. The fourth-order valence-electron chi connectivity index (χ4n) is 6.22. The van der Waals surface area contributed by atoms with Gasteiger partial charge in [0, 0.05) is 0 Å². The quantitative estimate of drug-likeness (QED) is 0.0315. The molecule has 0 aromatic rings. The molecule has 1 aliphatic rings. The van der Waals surface area contributed by atoms with E-state index in [4.69, 9.17) is 23.7 Å². The number of carbonyl (C=O) groups is 4. The molecule has 0 bridgehead atoms. The van der Waals surface area contributed by atoms with Crippen molar-refractivity contribution in [3.63, 3.8) is 0 Å². The first-order chi connectivity index (χ1) is 23.6. The summed E-state index contributed by atoms with van der Waals surface area (Å²) in [7, 11) is 1.92. The van der Waals surface area contributed by atoms with Gasteiger partial charge in [0.15, 0.2) is 0 Å². The Kier molecular flexibility index (Phi) is 27.4. The zero-order chi connectivity index (χ0) is 36.3. The molecular weight excluding hydrogens is 707 g/mol. The molecular formula is C38H69AsO9S. The van der Waals surface area contributed by atoms with E-state index in [0.29, 0.717) is 5.75 Å². The first-order valence-corrected chi connectivity index (χ1v) is 25.2. The van der Waals surface area contributed by atoms with Crippen LogP contribution in [0.4, 0.5) is 0 Å². The van der Waals surface area contributed by atoms with Gasteiger partial charge in [-0.2, -0.15) is 0 Å².